The molecule has 0 aliphatic carbocycles. The number of methoxy groups -OCH3 is 1. The van der Waals surface area contributed by atoms with E-state index >= 15 is 0 Å². The number of nitrogens with two attached hydrogens (primary N) is 1. The van der Waals surface area contributed by atoms with E-state index in [0.717, 1.165) is 0 Å². The Kier molecular flexibility index (Phi) is 6.96. The van der Waals surface area contributed by atoms with E-state index in [1.165, 1.54) is 20.1 Å². The average molecular weight is 404 g/mol. The van der Waals surface area contributed by atoms with Gasteiger partial charge in [0.1, 0.15) is 28.2 Å². The molecule has 1 aromatic carbocycles. The van der Waals surface area contributed by atoms with Crippen LogP contribution in [0.3, 0.4) is 0 Å². The van der Waals surface area contributed by atoms with Gasteiger partial charge >= 0.3 is 11.9 Å². The second kappa shape index (κ2) is 9.40. The van der Waals surface area contributed by atoms with Crippen molar-refractivity contribution in [3.8, 4) is 5.75 Å². The summed E-state index contributed by atoms with van der Waals surface area (Å²) in [7, 11) is 1.39. The lowest BCUT2D eigenvalue weighted by Crippen LogP contribution is -2.23. The smallest absolute Gasteiger partial charge is 0.342 e. The number of esters is 2. The number of hydrogen-bond acceptors (Lipinski definition) is 8. The fourth-order valence-electron chi connectivity index (χ4n) is 2.50. The molecule has 154 valence electrons. The average Bonchev–Trinajstić information content (AvgIpc) is 3.02. The van der Waals surface area contributed by atoms with Crippen LogP contribution in [0.15, 0.2) is 28.7 Å². The lowest BCUT2D eigenvalue weighted by molar-refractivity contribution is -0.119. The highest BCUT2D eigenvalue weighted by molar-refractivity contribution is 6.10. The van der Waals surface area contributed by atoms with Crippen LogP contribution in [0.25, 0.3) is 0 Å². The highest BCUT2D eigenvalue weighted by atomic mass is 16.5. The molecule has 0 radical (unpaired) electrons. The standard InChI is InChI=1S/C19H20N2O8/c1-4-27-19(25)14-10(2)29-17(15(14)16(20)23)21-13(22)9-28-18(24)11-7-5-6-8-12(11)26-3/h5-8H,4,9H2,1-3H3,(H2,20,23)(H,21,22). The molecule has 0 spiro atoms. The zero-order chi connectivity index (χ0) is 21.6. The number of aryl methyl sites for hydroxylation is 1. The zero-order valence-corrected chi connectivity index (χ0v) is 16.1. The van der Waals surface area contributed by atoms with Crippen molar-refractivity contribution in [2.75, 3.05) is 25.6 Å². The number of benzene rings is 1. The van der Waals surface area contributed by atoms with Gasteiger partial charge < -0.3 is 24.4 Å². The fraction of sp³-hybridized carbons (Fsp3) is 0.263. The summed E-state index contributed by atoms with van der Waals surface area (Å²) >= 11 is 0. The number of anilines is 1. The van der Waals surface area contributed by atoms with Gasteiger partial charge in [0.15, 0.2) is 6.61 Å². The van der Waals surface area contributed by atoms with Crippen molar-refractivity contribution in [2.24, 2.45) is 5.73 Å². The number of carbonyl (C=O) groups is 4. The first-order valence-corrected chi connectivity index (χ1v) is 8.50. The number of para-hydroxylation sites is 1. The molecule has 2 rings (SSSR count). The molecule has 0 bridgehead atoms. The summed E-state index contributed by atoms with van der Waals surface area (Å²) in [5.74, 6) is -3.41. The molecular weight excluding hydrogens is 384 g/mol. The monoisotopic (exact) mass is 404 g/mol. The Morgan fingerprint density at radius 1 is 1.07 bits per heavy atom. The third-order valence-electron chi connectivity index (χ3n) is 3.72. The van der Waals surface area contributed by atoms with Crippen LogP contribution in [0.1, 0.15) is 43.8 Å². The van der Waals surface area contributed by atoms with E-state index in [-0.39, 0.29) is 40.7 Å². The molecule has 0 saturated heterocycles. The van der Waals surface area contributed by atoms with E-state index in [4.69, 9.17) is 24.4 Å². The predicted octanol–water partition coefficient (Wildman–Crippen LogP) is 1.67. The second-order valence-electron chi connectivity index (χ2n) is 5.65. The summed E-state index contributed by atoms with van der Waals surface area (Å²) < 4.78 is 20.2. The Labute approximate surface area is 165 Å². The lowest BCUT2D eigenvalue weighted by atomic mass is 10.1. The Morgan fingerprint density at radius 2 is 1.76 bits per heavy atom. The van der Waals surface area contributed by atoms with Crippen LogP contribution in [0.4, 0.5) is 5.88 Å². The molecule has 0 unspecified atom stereocenters. The molecule has 10 heteroatoms. The van der Waals surface area contributed by atoms with Crippen LogP contribution >= 0.6 is 0 Å². The van der Waals surface area contributed by atoms with Crippen molar-refractivity contribution >= 4 is 29.6 Å². The molecular formula is C19H20N2O8. The Morgan fingerprint density at radius 3 is 2.38 bits per heavy atom. The maximum absolute atomic E-state index is 12.1. The second-order valence-corrected chi connectivity index (χ2v) is 5.65. The zero-order valence-electron chi connectivity index (χ0n) is 16.1. The van der Waals surface area contributed by atoms with Crippen LogP contribution in [0.5, 0.6) is 5.75 Å². The van der Waals surface area contributed by atoms with E-state index in [9.17, 15) is 19.2 Å². The number of nitrogens with one attached hydrogen (secondary N) is 1. The number of amides is 2. The molecule has 2 amide bonds. The third kappa shape index (κ3) is 4.92. The number of primary amides is 1. The summed E-state index contributed by atoms with van der Waals surface area (Å²) in [4.78, 5) is 48.1. The van der Waals surface area contributed by atoms with Crippen LogP contribution in [0, 0.1) is 6.92 Å². The van der Waals surface area contributed by atoms with Gasteiger partial charge in [0.25, 0.3) is 11.8 Å². The van der Waals surface area contributed by atoms with Crippen molar-refractivity contribution in [2.45, 2.75) is 13.8 Å². The van der Waals surface area contributed by atoms with E-state index in [1.807, 2.05) is 0 Å². The third-order valence-corrected chi connectivity index (χ3v) is 3.72. The van der Waals surface area contributed by atoms with Gasteiger partial charge in [-0.25, -0.2) is 9.59 Å². The molecule has 0 aliphatic heterocycles. The molecule has 2 aromatic rings. The summed E-state index contributed by atoms with van der Waals surface area (Å²) in [6.45, 7) is 2.40. The minimum Gasteiger partial charge on any atom is -0.496 e. The molecule has 3 N–H and O–H groups in total. The Bertz CT molecular complexity index is 948. The van der Waals surface area contributed by atoms with Crippen LogP contribution in [-0.4, -0.2) is 44.1 Å². The summed E-state index contributed by atoms with van der Waals surface area (Å²) in [5, 5.41) is 2.26. The quantitative estimate of drug-likeness (QED) is 0.632. The number of carbonyl (C=O) groups excluding carboxylic acids is 4. The normalized spacial score (nSPS) is 10.2. The van der Waals surface area contributed by atoms with Crippen LogP contribution in [-0.2, 0) is 14.3 Å². The number of ether oxygens (including phenoxy) is 3. The van der Waals surface area contributed by atoms with E-state index in [2.05, 4.69) is 5.32 Å². The Balaban J connectivity index is 2.13. The van der Waals surface area contributed by atoms with Gasteiger partial charge in [0, 0.05) is 0 Å². The van der Waals surface area contributed by atoms with Crippen LogP contribution < -0.4 is 15.8 Å². The molecule has 0 fully saturated rings. The van der Waals surface area contributed by atoms with E-state index in [1.54, 1.807) is 25.1 Å². The molecule has 0 saturated carbocycles. The fourth-order valence-corrected chi connectivity index (χ4v) is 2.50. The lowest BCUT2D eigenvalue weighted by Gasteiger charge is -2.08. The van der Waals surface area contributed by atoms with Gasteiger partial charge in [-0.05, 0) is 26.0 Å². The maximum atomic E-state index is 12.1. The molecule has 1 heterocycles. The number of rotatable bonds is 8. The van der Waals surface area contributed by atoms with Crippen molar-refractivity contribution in [3.05, 3.63) is 46.7 Å². The van der Waals surface area contributed by atoms with E-state index < -0.39 is 30.4 Å². The molecule has 29 heavy (non-hydrogen) atoms. The topological polar surface area (TPSA) is 147 Å². The van der Waals surface area contributed by atoms with Gasteiger partial charge in [-0.3, -0.25) is 14.9 Å². The molecule has 0 aliphatic rings. The van der Waals surface area contributed by atoms with Gasteiger partial charge in [-0.1, -0.05) is 12.1 Å². The molecule has 10 nitrogen and oxygen atoms in total. The maximum Gasteiger partial charge on any atom is 0.342 e. The number of hydrogen-bond donors (Lipinski definition) is 2. The SMILES string of the molecule is CCOC(=O)c1c(C)oc(NC(=O)COC(=O)c2ccccc2OC)c1C(N)=O. The van der Waals surface area contributed by atoms with Gasteiger partial charge in [0.05, 0.1) is 13.7 Å². The van der Waals surface area contributed by atoms with Gasteiger partial charge in [-0.2, -0.15) is 0 Å². The minimum absolute atomic E-state index is 0.0403. The van der Waals surface area contributed by atoms with Crippen LogP contribution in [0.2, 0.25) is 0 Å². The van der Waals surface area contributed by atoms with Crippen molar-refractivity contribution in [3.63, 3.8) is 0 Å². The van der Waals surface area contributed by atoms with Crippen molar-refractivity contribution < 1.29 is 37.8 Å². The first-order valence-electron chi connectivity index (χ1n) is 8.50. The van der Waals surface area contributed by atoms with Crippen molar-refractivity contribution in [1.82, 2.24) is 0 Å². The first-order chi connectivity index (χ1) is 13.8. The van der Waals surface area contributed by atoms with E-state index in [0.29, 0.717) is 0 Å². The Hall–Kier alpha value is -3.82. The van der Waals surface area contributed by atoms with Gasteiger partial charge in [0.2, 0.25) is 5.88 Å². The summed E-state index contributed by atoms with van der Waals surface area (Å²) in [6.07, 6.45) is 0. The first kappa shape index (κ1) is 21.5. The molecule has 0 atom stereocenters. The highest BCUT2D eigenvalue weighted by Gasteiger charge is 2.29. The van der Waals surface area contributed by atoms with Gasteiger partial charge in [-0.15, -0.1) is 0 Å². The summed E-state index contributed by atoms with van der Waals surface area (Å²) in [5.41, 5.74) is 4.94. The number of furan rings is 1. The van der Waals surface area contributed by atoms with Crippen molar-refractivity contribution in [1.29, 1.82) is 0 Å². The minimum atomic E-state index is -0.994. The predicted molar refractivity (Wildman–Crippen MR) is 99.8 cm³/mol. The highest BCUT2D eigenvalue weighted by Crippen LogP contribution is 2.27. The summed E-state index contributed by atoms with van der Waals surface area (Å²) in [6, 6.07) is 6.33. The largest absolute Gasteiger partial charge is 0.496 e. The molecule has 1 aromatic heterocycles.